The molecule has 0 spiro atoms. The van der Waals surface area contributed by atoms with Crippen LogP contribution in [0.15, 0.2) is 11.0 Å². The van der Waals surface area contributed by atoms with Crippen molar-refractivity contribution >= 4 is 0 Å². The lowest BCUT2D eigenvalue weighted by Gasteiger charge is -2.20. The van der Waals surface area contributed by atoms with Crippen LogP contribution < -0.4 is 10.4 Å². The summed E-state index contributed by atoms with van der Waals surface area (Å²) in [6.07, 6.45) is -4.12. The van der Waals surface area contributed by atoms with Gasteiger partial charge in [0.15, 0.2) is 6.23 Å². The van der Waals surface area contributed by atoms with Crippen molar-refractivity contribution in [3.63, 3.8) is 0 Å². The van der Waals surface area contributed by atoms with E-state index in [-0.39, 0.29) is 12.0 Å². The summed E-state index contributed by atoms with van der Waals surface area (Å²) in [5, 5.41) is 28.4. The Hall–Kier alpha value is -1.55. The van der Waals surface area contributed by atoms with Gasteiger partial charge in [-0.15, -0.1) is 0 Å². The van der Waals surface area contributed by atoms with Crippen LogP contribution in [0.4, 0.5) is 4.39 Å². The lowest BCUT2D eigenvalue weighted by molar-refractivity contribution is -0.207. The van der Waals surface area contributed by atoms with Crippen molar-refractivity contribution in [3.8, 4) is 5.88 Å². The second-order valence-electron chi connectivity index (χ2n) is 5.47. The van der Waals surface area contributed by atoms with E-state index in [9.17, 15) is 19.4 Å². The van der Waals surface area contributed by atoms with Gasteiger partial charge in [0.05, 0.1) is 6.10 Å². The molecule has 8 nitrogen and oxygen atoms in total. The van der Waals surface area contributed by atoms with Crippen molar-refractivity contribution in [2.45, 2.75) is 51.2 Å². The summed E-state index contributed by atoms with van der Waals surface area (Å²) < 4.78 is 25.1. The summed E-state index contributed by atoms with van der Waals surface area (Å²) in [5.74, 6) is -2.72. The molecule has 1 aliphatic heterocycles. The summed E-state index contributed by atoms with van der Waals surface area (Å²) in [4.78, 5) is 15.7. The van der Waals surface area contributed by atoms with Crippen LogP contribution in [-0.4, -0.2) is 55.6 Å². The maximum absolute atomic E-state index is 14.1. The Morgan fingerprint density at radius 2 is 2.18 bits per heavy atom. The first kappa shape index (κ1) is 16.8. The molecule has 22 heavy (non-hydrogen) atoms. The van der Waals surface area contributed by atoms with Gasteiger partial charge in [0.1, 0.15) is 18.8 Å². The highest BCUT2D eigenvalue weighted by atomic mass is 19.2. The van der Waals surface area contributed by atoms with Crippen LogP contribution in [-0.2, 0) is 4.74 Å². The number of ether oxygens (including phenoxy) is 2. The molecule has 124 valence electrons. The average molecular weight is 318 g/mol. The number of halogens is 1. The van der Waals surface area contributed by atoms with Crippen LogP contribution in [0, 0.1) is 6.92 Å². The van der Waals surface area contributed by atoms with Gasteiger partial charge < -0.3 is 24.8 Å². The number of aliphatic hydroxyl groups is 3. The highest BCUT2D eigenvalue weighted by molar-refractivity contribution is 5.21. The molecule has 0 amide bonds. The SMILES string of the molecule is Cc1cn([C@@H]2O[C@](F)(CO)[C@@H](O)[C@H]2O)c(=O)nc1OC(C)C. The minimum Gasteiger partial charge on any atom is -0.475 e. The van der Waals surface area contributed by atoms with Crippen LogP contribution in [0.1, 0.15) is 25.6 Å². The number of alkyl halides is 1. The molecule has 3 N–H and O–H groups in total. The predicted octanol–water partition coefficient (Wildman–Crippen LogP) is -0.752. The summed E-state index contributed by atoms with van der Waals surface area (Å²) in [6.45, 7) is 4.00. The van der Waals surface area contributed by atoms with E-state index in [1.807, 2.05) is 0 Å². The van der Waals surface area contributed by atoms with Gasteiger partial charge in [-0.25, -0.2) is 9.18 Å². The zero-order valence-electron chi connectivity index (χ0n) is 12.4. The standard InChI is InChI=1S/C13H19FN2O6/c1-6(2)21-10-7(3)4-16(12(20)15-10)11-8(18)9(19)13(14,5-17)22-11/h4,6,8-9,11,17-19H,5H2,1-3H3/t8-,9+,11-,13-/m1/s1. The van der Waals surface area contributed by atoms with E-state index in [0.29, 0.717) is 5.56 Å². The van der Waals surface area contributed by atoms with Crippen molar-refractivity contribution < 1.29 is 29.2 Å². The molecule has 1 aliphatic rings. The smallest absolute Gasteiger partial charge is 0.353 e. The molecule has 0 unspecified atom stereocenters. The second kappa shape index (κ2) is 5.92. The van der Waals surface area contributed by atoms with Crippen LogP contribution in [0.25, 0.3) is 0 Å². The number of nitrogens with zero attached hydrogens (tertiary/aromatic N) is 2. The third-order valence-corrected chi connectivity index (χ3v) is 3.30. The third-order valence-electron chi connectivity index (χ3n) is 3.30. The first-order valence-corrected chi connectivity index (χ1v) is 6.79. The normalized spacial score (nSPS) is 31.7. The van der Waals surface area contributed by atoms with E-state index in [1.165, 1.54) is 6.20 Å². The topological polar surface area (TPSA) is 114 Å². The average Bonchev–Trinajstić information content (AvgIpc) is 2.67. The van der Waals surface area contributed by atoms with Gasteiger partial charge in [-0.05, 0) is 20.8 Å². The number of aliphatic hydroxyl groups excluding tert-OH is 3. The third kappa shape index (κ3) is 2.84. The maximum atomic E-state index is 14.1. The molecule has 0 saturated carbocycles. The fourth-order valence-corrected chi connectivity index (χ4v) is 2.18. The highest BCUT2D eigenvalue weighted by Gasteiger charge is 2.56. The van der Waals surface area contributed by atoms with Gasteiger partial charge in [0.25, 0.3) is 5.85 Å². The Balaban J connectivity index is 2.38. The molecule has 1 aromatic rings. The molecule has 2 heterocycles. The molecule has 0 bridgehead atoms. The van der Waals surface area contributed by atoms with E-state index in [2.05, 4.69) is 4.98 Å². The van der Waals surface area contributed by atoms with Crippen LogP contribution in [0.3, 0.4) is 0 Å². The zero-order valence-corrected chi connectivity index (χ0v) is 12.4. The Kier molecular flexibility index (Phi) is 4.52. The van der Waals surface area contributed by atoms with Gasteiger partial charge in [-0.2, -0.15) is 4.98 Å². The minimum absolute atomic E-state index is 0.123. The first-order chi connectivity index (χ1) is 10.2. The molecule has 1 fully saturated rings. The Bertz CT molecular complexity index is 607. The van der Waals surface area contributed by atoms with Crippen molar-refractivity contribution in [1.82, 2.24) is 9.55 Å². The molecular formula is C13H19FN2O6. The highest BCUT2D eigenvalue weighted by Crippen LogP contribution is 2.37. The molecule has 9 heteroatoms. The van der Waals surface area contributed by atoms with Crippen LogP contribution in [0.2, 0.25) is 0 Å². The number of rotatable bonds is 4. The van der Waals surface area contributed by atoms with Crippen molar-refractivity contribution in [3.05, 3.63) is 22.2 Å². The van der Waals surface area contributed by atoms with Gasteiger partial charge in [0.2, 0.25) is 5.88 Å². The Labute approximate surface area is 125 Å². The van der Waals surface area contributed by atoms with Crippen molar-refractivity contribution in [1.29, 1.82) is 0 Å². The number of hydrogen-bond acceptors (Lipinski definition) is 7. The Morgan fingerprint density at radius 3 is 2.68 bits per heavy atom. The van der Waals surface area contributed by atoms with E-state index in [4.69, 9.17) is 14.6 Å². The van der Waals surface area contributed by atoms with Gasteiger partial charge >= 0.3 is 5.69 Å². The van der Waals surface area contributed by atoms with E-state index in [0.717, 1.165) is 4.57 Å². The molecule has 0 aromatic carbocycles. The maximum Gasteiger partial charge on any atom is 0.353 e. The first-order valence-electron chi connectivity index (χ1n) is 6.79. The quantitative estimate of drug-likeness (QED) is 0.669. The molecular weight excluding hydrogens is 299 g/mol. The van der Waals surface area contributed by atoms with E-state index < -0.39 is 36.6 Å². The Morgan fingerprint density at radius 1 is 1.55 bits per heavy atom. The summed E-state index contributed by atoms with van der Waals surface area (Å²) >= 11 is 0. The lowest BCUT2D eigenvalue weighted by atomic mass is 10.1. The van der Waals surface area contributed by atoms with E-state index in [1.54, 1.807) is 20.8 Å². The number of aromatic nitrogens is 2. The molecule has 1 aromatic heterocycles. The minimum atomic E-state index is -2.84. The fourth-order valence-electron chi connectivity index (χ4n) is 2.18. The summed E-state index contributed by atoms with van der Waals surface area (Å²) in [6, 6.07) is 0. The number of aryl methyl sites for hydroxylation is 1. The monoisotopic (exact) mass is 318 g/mol. The van der Waals surface area contributed by atoms with Gasteiger partial charge in [-0.1, -0.05) is 0 Å². The largest absolute Gasteiger partial charge is 0.475 e. The lowest BCUT2D eigenvalue weighted by Crippen LogP contribution is -2.42. The van der Waals surface area contributed by atoms with Gasteiger partial charge in [0, 0.05) is 11.8 Å². The summed E-state index contributed by atoms with van der Waals surface area (Å²) in [5.41, 5.74) is -0.362. The molecule has 2 rings (SSSR count). The molecule has 1 saturated heterocycles. The predicted molar refractivity (Wildman–Crippen MR) is 72.1 cm³/mol. The molecule has 0 aliphatic carbocycles. The van der Waals surface area contributed by atoms with Crippen molar-refractivity contribution in [2.75, 3.05) is 6.61 Å². The molecule has 4 atom stereocenters. The summed E-state index contributed by atoms with van der Waals surface area (Å²) in [7, 11) is 0. The molecule has 0 radical (unpaired) electrons. The van der Waals surface area contributed by atoms with Gasteiger partial charge in [-0.3, -0.25) is 4.57 Å². The number of hydrogen-bond donors (Lipinski definition) is 3. The second-order valence-corrected chi connectivity index (χ2v) is 5.47. The van der Waals surface area contributed by atoms with Crippen molar-refractivity contribution in [2.24, 2.45) is 0 Å². The van der Waals surface area contributed by atoms with Crippen LogP contribution in [0.5, 0.6) is 5.88 Å². The fraction of sp³-hybridized carbons (Fsp3) is 0.692. The van der Waals surface area contributed by atoms with E-state index >= 15 is 0 Å². The van der Waals surface area contributed by atoms with Crippen LogP contribution >= 0.6 is 0 Å². The zero-order chi connectivity index (χ0) is 16.7.